The molecule has 0 radical (unpaired) electrons. The Labute approximate surface area is 149 Å². The van der Waals surface area contributed by atoms with Crippen LogP contribution in [0.15, 0.2) is 24.3 Å². The first kappa shape index (κ1) is 19.4. The molecule has 1 aliphatic rings. The molecule has 5 nitrogen and oxygen atoms in total. The second-order valence-electron chi connectivity index (χ2n) is 7.05. The fraction of sp³-hybridized carbons (Fsp3) is 0.579. The highest BCUT2D eigenvalue weighted by atomic mass is 19.1. The van der Waals surface area contributed by atoms with Gasteiger partial charge >= 0.3 is 0 Å². The van der Waals surface area contributed by atoms with Gasteiger partial charge in [0.25, 0.3) is 0 Å². The Hall–Kier alpha value is -1.95. The van der Waals surface area contributed by atoms with E-state index in [1.165, 1.54) is 12.1 Å². The van der Waals surface area contributed by atoms with E-state index in [4.69, 9.17) is 0 Å². The van der Waals surface area contributed by atoms with Crippen molar-refractivity contribution in [3.8, 4) is 0 Å². The lowest BCUT2D eigenvalue weighted by molar-refractivity contribution is -0.134. The van der Waals surface area contributed by atoms with E-state index in [-0.39, 0.29) is 29.7 Å². The molecule has 1 saturated heterocycles. The fourth-order valence-electron chi connectivity index (χ4n) is 3.39. The van der Waals surface area contributed by atoms with Crippen molar-refractivity contribution in [2.45, 2.75) is 45.8 Å². The van der Waals surface area contributed by atoms with Gasteiger partial charge in [-0.1, -0.05) is 19.1 Å². The minimum atomic E-state index is -0.324. The van der Waals surface area contributed by atoms with E-state index in [0.29, 0.717) is 19.0 Å². The maximum Gasteiger partial charge on any atom is 0.239 e. The summed E-state index contributed by atoms with van der Waals surface area (Å²) in [5.74, 6) is 0.0757. The lowest BCUT2D eigenvalue weighted by Gasteiger charge is -2.38. The number of rotatable bonds is 5. The molecule has 25 heavy (non-hydrogen) atoms. The van der Waals surface area contributed by atoms with Crippen LogP contribution in [0.1, 0.15) is 32.8 Å². The topological polar surface area (TPSA) is 52.7 Å². The predicted molar refractivity (Wildman–Crippen MR) is 95.3 cm³/mol. The van der Waals surface area contributed by atoms with Crippen molar-refractivity contribution in [1.29, 1.82) is 0 Å². The van der Waals surface area contributed by atoms with E-state index in [2.05, 4.69) is 12.2 Å². The number of amides is 2. The summed E-state index contributed by atoms with van der Waals surface area (Å²) >= 11 is 0. The van der Waals surface area contributed by atoms with Crippen LogP contribution < -0.4 is 5.32 Å². The van der Waals surface area contributed by atoms with Crippen LogP contribution in [0.3, 0.4) is 0 Å². The Balaban J connectivity index is 1.88. The van der Waals surface area contributed by atoms with E-state index < -0.39 is 0 Å². The molecule has 0 bridgehead atoms. The molecular formula is C19H28FN3O2. The predicted octanol–water partition coefficient (Wildman–Crippen LogP) is 2.02. The van der Waals surface area contributed by atoms with Gasteiger partial charge in [-0.05, 0) is 37.0 Å². The molecule has 1 heterocycles. The maximum atomic E-state index is 13.3. The summed E-state index contributed by atoms with van der Waals surface area (Å²) in [6.07, 6.45) is 0.839. The van der Waals surface area contributed by atoms with Crippen LogP contribution >= 0.6 is 0 Å². The summed E-state index contributed by atoms with van der Waals surface area (Å²) in [5.41, 5.74) is 0.770. The number of nitrogens with zero attached hydrogens (tertiary/aromatic N) is 2. The van der Waals surface area contributed by atoms with E-state index in [0.717, 1.165) is 18.5 Å². The molecule has 1 fully saturated rings. The standard InChI is InChI=1S/C19H28FN3O2/c1-13-11-23(15(3)24)9-8-18(13)21-14(2)19(25)22(4)12-16-6-5-7-17(20)10-16/h5-7,10,13-14,18,21H,8-9,11-12H2,1-4H3/t13-,14-,18-/m0/s1. The van der Waals surface area contributed by atoms with Gasteiger partial charge in [0.1, 0.15) is 5.82 Å². The molecule has 138 valence electrons. The number of piperidine rings is 1. The van der Waals surface area contributed by atoms with Crippen LogP contribution in [0.25, 0.3) is 0 Å². The average Bonchev–Trinajstić information content (AvgIpc) is 2.55. The Morgan fingerprint density at radius 2 is 2.16 bits per heavy atom. The van der Waals surface area contributed by atoms with Crippen LogP contribution in [0.5, 0.6) is 0 Å². The largest absolute Gasteiger partial charge is 0.343 e. The highest BCUT2D eigenvalue weighted by Gasteiger charge is 2.30. The van der Waals surface area contributed by atoms with Crippen LogP contribution in [-0.2, 0) is 16.1 Å². The van der Waals surface area contributed by atoms with E-state index in [9.17, 15) is 14.0 Å². The minimum Gasteiger partial charge on any atom is -0.343 e. The van der Waals surface area contributed by atoms with Crippen molar-refractivity contribution in [2.75, 3.05) is 20.1 Å². The lowest BCUT2D eigenvalue weighted by Crippen LogP contribution is -2.54. The van der Waals surface area contributed by atoms with Crippen LogP contribution in [0.2, 0.25) is 0 Å². The summed E-state index contributed by atoms with van der Waals surface area (Å²) in [7, 11) is 1.73. The number of carbonyl (C=O) groups excluding carboxylic acids is 2. The molecule has 1 aromatic carbocycles. The molecule has 2 amide bonds. The number of hydrogen-bond acceptors (Lipinski definition) is 3. The van der Waals surface area contributed by atoms with Gasteiger partial charge in [0.05, 0.1) is 6.04 Å². The normalized spacial score (nSPS) is 21.7. The SMILES string of the molecule is CC(=O)N1CC[C@H](N[C@@H](C)C(=O)N(C)Cc2cccc(F)c2)[C@@H](C)C1. The van der Waals surface area contributed by atoms with E-state index >= 15 is 0 Å². The highest BCUT2D eigenvalue weighted by molar-refractivity contribution is 5.81. The number of likely N-dealkylation sites (tertiary alicyclic amines) is 1. The summed E-state index contributed by atoms with van der Waals surface area (Å²) in [6, 6.07) is 6.18. The van der Waals surface area contributed by atoms with Crippen molar-refractivity contribution in [2.24, 2.45) is 5.92 Å². The smallest absolute Gasteiger partial charge is 0.239 e. The first-order chi connectivity index (χ1) is 11.8. The third kappa shape index (κ3) is 5.26. The number of hydrogen-bond donors (Lipinski definition) is 1. The second-order valence-corrected chi connectivity index (χ2v) is 7.05. The van der Waals surface area contributed by atoms with Gasteiger partial charge in [0, 0.05) is 39.6 Å². The number of benzene rings is 1. The number of likely N-dealkylation sites (N-methyl/N-ethyl adjacent to an activating group) is 1. The number of nitrogens with one attached hydrogen (secondary N) is 1. The minimum absolute atomic E-state index is 0.0227. The third-order valence-corrected chi connectivity index (χ3v) is 4.87. The van der Waals surface area contributed by atoms with Gasteiger partial charge in [-0.3, -0.25) is 9.59 Å². The molecule has 6 heteroatoms. The Bertz CT molecular complexity index is 622. The van der Waals surface area contributed by atoms with Gasteiger partial charge < -0.3 is 15.1 Å². The molecule has 0 spiro atoms. The molecule has 3 atom stereocenters. The van der Waals surface area contributed by atoms with Crippen LogP contribution in [0.4, 0.5) is 4.39 Å². The summed E-state index contributed by atoms with van der Waals surface area (Å²) < 4.78 is 13.3. The molecule has 1 aliphatic heterocycles. The van der Waals surface area contributed by atoms with Crippen molar-refractivity contribution in [3.63, 3.8) is 0 Å². The molecule has 1 aromatic rings. The van der Waals surface area contributed by atoms with Gasteiger partial charge in [-0.15, -0.1) is 0 Å². The first-order valence-corrected chi connectivity index (χ1v) is 8.79. The maximum absolute atomic E-state index is 13.3. The average molecular weight is 349 g/mol. The highest BCUT2D eigenvalue weighted by Crippen LogP contribution is 2.18. The lowest BCUT2D eigenvalue weighted by atomic mass is 9.93. The quantitative estimate of drug-likeness (QED) is 0.885. The van der Waals surface area contributed by atoms with Crippen LogP contribution in [-0.4, -0.2) is 53.8 Å². The molecule has 0 aromatic heterocycles. The van der Waals surface area contributed by atoms with Crippen molar-refractivity contribution >= 4 is 11.8 Å². The first-order valence-electron chi connectivity index (χ1n) is 8.79. The zero-order valence-corrected chi connectivity index (χ0v) is 15.5. The van der Waals surface area contributed by atoms with Crippen molar-refractivity contribution < 1.29 is 14.0 Å². The number of carbonyl (C=O) groups is 2. The molecule has 0 aliphatic carbocycles. The molecule has 0 unspecified atom stereocenters. The second kappa shape index (κ2) is 8.43. The Morgan fingerprint density at radius 3 is 2.76 bits per heavy atom. The molecule has 2 rings (SSSR count). The summed E-state index contributed by atoms with van der Waals surface area (Å²) in [4.78, 5) is 27.5. The van der Waals surface area contributed by atoms with Gasteiger partial charge in [-0.25, -0.2) is 4.39 Å². The van der Waals surface area contributed by atoms with E-state index in [1.807, 2.05) is 17.9 Å². The zero-order valence-electron chi connectivity index (χ0n) is 15.5. The van der Waals surface area contributed by atoms with Gasteiger partial charge in [0.2, 0.25) is 11.8 Å². The Kier molecular flexibility index (Phi) is 6.53. The van der Waals surface area contributed by atoms with Gasteiger partial charge in [0.15, 0.2) is 0 Å². The van der Waals surface area contributed by atoms with Crippen molar-refractivity contribution in [3.05, 3.63) is 35.6 Å². The monoisotopic (exact) mass is 349 g/mol. The molecular weight excluding hydrogens is 321 g/mol. The third-order valence-electron chi connectivity index (χ3n) is 4.87. The van der Waals surface area contributed by atoms with Crippen LogP contribution in [0, 0.1) is 11.7 Å². The van der Waals surface area contributed by atoms with Crippen molar-refractivity contribution in [1.82, 2.24) is 15.1 Å². The van der Waals surface area contributed by atoms with Gasteiger partial charge in [-0.2, -0.15) is 0 Å². The Morgan fingerprint density at radius 1 is 1.44 bits per heavy atom. The zero-order chi connectivity index (χ0) is 18.6. The summed E-state index contributed by atoms with van der Waals surface area (Å²) in [6.45, 7) is 7.36. The summed E-state index contributed by atoms with van der Waals surface area (Å²) in [5, 5.41) is 3.40. The fourth-order valence-corrected chi connectivity index (χ4v) is 3.39. The number of halogens is 1. The molecule has 1 N–H and O–H groups in total. The van der Waals surface area contributed by atoms with E-state index in [1.54, 1.807) is 24.9 Å². The molecule has 0 saturated carbocycles.